The third-order valence-electron chi connectivity index (χ3n) is 3.46. The number of carbonyl (C=O) groups is 2. The van der Waals surface area contributed by atoms with Crippen LogP contribution in [0.15, 0.2) is 42.2 Å². The molecule has 0 N–H and O–H groups in total. The van der Waals surface area contributed by atoms with E-state index in [2.05, 4.69) is 0 Å². The van der Waals surface area contributed by atoms with E-state index in [-0.39, 0.29) is 23.0 Å². The molecule has 7 heteroatoms. The molecule has 0 saturated heterocycles. The molecule has 2 aromatic rings. The summed E-state index contributed by atoms with van der Waals surface area (Å²) in [6, 6.07) is 9.52. The van der Waals surface area contributed by atoms with Crippen LogP contribution in [0.1, 0.15) is 22.8 Å². The summed E-state index contributed by atoms with van der Waals surface area (Å²) < 4.78 is 10.7. The Kier molecular flexibility index (Phi) is 5.04. The molecule has 0 aromatic heterocycles. The van der Waals surface area contributed by atoms with Crippen LogP contribution in [-0.4, -0.2) is 17.1 Å². The molecule has 3 rings (SSSR count). The van der Waals surface area contributed by atoms with E-state index in [0.717, 1.165) is 0 Å². The number of hydrogen-bond donors (Lipinski definition) is 0. The second-order valence-electron chi connectivity index (χ2n) is 5.27. The molecule has 0 spiro atoms. The molecule has 2 aromatic carbocycles. The van der Waals surface area contributed by atoms with Gasteiger partial charge < -0.3 is 9.47 Å². The van der Waals surface area contributed by atoms with Crippen molar-refractivity contribution in [2.45, 2.75) is 12.3 Å². The third-order valence-corrected chi connectivity index (χ3v) is 4.30. The molecule has 0 aliphatic carbocycles. The fourth-order valence-corrected chi connectivity index (χ4v) is 2.76. The molecular weight excluding hydrogens is 387 g/mol. The maximum atomic E-state index is 12.5. The largest absolute Gasteiger partial charge is 0.452 e. The minimum absolute atomic E-state index is 0.0826. The zero-order valence-corrected chi connectivity index (χ0v) is 15.2. The molecule has 0 saturated carbocycles. The zero-order chi connectivity index (χ0) is 18.1. The van der Waals surface area contributed by atoms with Crippen LogP contribution < -0.4 is 9.47 Å². The summed E-state index contributed by atoms with van der Waals surface area (Å²) in [5.41, 5.74) is 0.845. The first-order valence-corrected chi connectivity index (χ1v) is 8.44. The van der Waals surface area contributed by atoms with E-state index < -0.39 is 11.3 Å². The average molecular weight is 398 g/mol. The lowest BCUT2D eigenvalue weighted by atomic mass is 10.1. The lowest BCUT2D eigenvalue weighted by Gasteiger charge is -2.06. The van der Waals surface area contributed by atoms with Crippen LogP contribution in [0.3, 0.4) is 0 Å². The van der Waals surface area contributed by atoms with Crippen molar-refractivity contribution in [3.63, 3.8) is 0 Å². The number of hydrogen-bond acceptors (Lipinski definition) is 4. The van der Waals surface area contributed by atoms with Crippen LogP contribution in [0.2, 0.25) is 10.0 Å². The summed E-state index contributed by atoms with van der Waals surface area (Å²) in [7, 11) is 0. The number of allylic oxidation sites excluding steroid dienone is 1. The molecule has 1 heterocycles. The van der Waals surface area contributed by atoms with Crippen LogP contribution in [0.4, 0.5) is 0 Å². The Morgan fingerprint density at radius 1 is 1.20 bits per heavy atom. The number of alkyl halides is 1. The summed E-state index contributed by atoms with van der Waals surface area (Å²) in [6.07, 6.45) is 1.49. The van der Waals surface area contributed by atoms with E-state index in [1.54, 1.807) is 18.2 Å². The monoisotopic (exact) mass is 396 g/mol. The topological polar surface area (TPSA) is 52.6 Å². The van der Waals surface area contributed by atoms with Crippen molar-refractivity contribution in [3.8, 4) is 11.5 Å². The first-order valence-electron chi connectivity index (χ1n) is 7.25. The van der Waals surface area contributed by atoms with Gasteiger partial charge in [-0.2, -0.15) is 0 Å². The van der Waals surface area contributed by atoms with Gasteiger partial charge in [0.15, 0.2) is 5.76 Å². The first kappa shape index (κ1) is 17.8. The Bertz CT molecular complexity index is 883. The van der Waals surface area contributed by atoms with Crippen molar-refractivity contribution in [1.82, 2.24) is 0 Å². The molecule has 0 radical (unpaired) electrons. The molecule has 128 valence electrons. The van der Waals surface area contributed by atoms with Crippen molar-refractivity contribution in [3.05, 3.63) is 63.3 Å². The Morgan fingerprint density at radius 3 is 2.52 bits per heavy atom. The minimum atomic E-state index is -0.784. The van der Waals surface area contributed by atoms with E-state index in [1.165, 1.54) is 31.2 Å². The Balaban J connectivity index is 1.91. The lowest BCUT2D eigenvalue weighted by molar-refractivity contribution is -0.133. The maximum absolute atomic E-state index is 12.5. The average Bonchev–Trinajstić information content (AvgIpc) is 2.86. The number of carbonyl (C=O) groups excluding carboxylic acids is 2. The zero-order valence-electron chi connectivity index (χ0n) is 12.9. The standard InChI is InChI=1S/C18H11Cl3O4/c1-9(19)18(23)24-10-5-6-11-15(7-10)25-16(17(11)22)8-12-13(20)3-2-4-14(12)21/h2-9H,1H3/b16-8-. The van der Waals surface area contributed by atoms with Crippen LogP contribution in [0.25, 0.3) is 6.08 Å². The van der Waals surface area contributed by atoms with Crippen molar-refractivity contribution in [2.75, 3.05) is 0 Å². The van der Waals surface area contributed by atoms with Gasteiger partial charge in [0.2, 0.25) is 5.78 Å². The van der Waals surface area contributed by atoms with Crippen molar-refractivity contribution < 1.29 is 19.1 Å². The van der Waals surface area contributed by atoms with Crippen LogP contribution >= 0.6 is 34.8 Å². The maximum Gasteiger partial charge on any atom is 0.329 e. The van der Waals surface area contributed by atoms with Crippen molar-refractivity contribution in [1.29, 1.82) is 0 Å². The third kappa shape index (κ3) is 3.66. The van der Waals surface area contributed by atoms with E-state index in [1.807, 2.05) is 0 Å². The fourth-order valence-electron chi connectivity index (χ4n) is 2.21. The summed E-state index contributed by atoms with van der Waals surface area (Å²) in [5.74, 6) is -0.300. The number of halogens is 3. The SMILES string of the molecule is CC(Cl)C(=O)Oc1ccc2c(c1)O/C(=C\c1c(Cl)cccc1Cl)C2=O. The fraction of sp³-hybridized carbons (Fsp3) is 0.111. The Morgan fingerprint density at radius 2 is 1.88 bits per heavy atom. The Labute approximate surface area is 158 Å². The van der Waals surface area contributed by atoms with Gasteiger partial charge in [0.25, 0.3) is 0 Å². The predicted octanol–water partition coefficient (Wildman–Crippen LogP) is 5.14. The minimum Gasteiger partial charge on any atom is -0.452 e. The molecule has 1 atom stereocenters. The first-order chi connectivity index (χ1) is 11.9. The molecule has 0 bridgehead atoms. The van der Waals surface area contributed by atoms with Crippen molar-refractivity contribution in [2.24, 2.45) is 0 Å². The summed E-state index contributed by atoms with van der Waals surface area (Å²) in [4.78, 5) is 24.0. The molecule has 0 amide bonds. The molecule has 1 unspecified atom stereocenters. The van der Waals surface area contributed by atoms with Gasteiger partial charge in [-0.1, -0.05) is 29.3 Å². The molecular formula is C18H11Cl3O4. The van der Waals surface area contributed by atoms with Gasteiger partial charge in [0, 0.05) is 21.7 Å². The van der Waals surface area contributed by atoms with Crippen LogP contribution in [0, 0.1) is 0 Å². The second-order valence-corrected chi connectivity index (χ2v) is 6.74. The van der Waals surface area contributed by atoms with Gasteiger partial charge in [0.05, 0.1) is 5.56 Å². The van der Waals surface area contributed by atoms with Gasteiger partial charge in [-0.25, -0.2) is 0 Å². The van der Waals surface area contributed by atoms with E-state index in [0.29, 0.717) is 21.2 Å². The smallest absolute Gasteiger partial charge is 0.329 e. The number of fused-ring (bicyclic) bond motifs is 1. The Hall–Kier alpha value is -2.01. The number of ketones is 1. The lowest BCUT2D eigenvalue weighted by Crippen LogP contribution is -2.17. The quantitative estimate of drug-likeness (QED) is 0.311. The summed E-state index contributed by atoms with van der Waals surface area (Å²) >= 11 is 17.9. The highest BCUT2D eigenvalue weighted by atomic mass is 35.5. The molecule has 1 aliphatic heterocycles. The van der Waals surface area contributed by atoms with Gasteiger partial charge in [-0.15, -0.1) is 11.6 Å². The number of ether oxygens (including phenoxy) is 2. The molecule has 0 fully saturated rings. The predicted molar refractivity (Wildman–Crippen MR) is 96.8 cm³/mol. The molecule has 1 aliphatic rings. The highest BCUT2D eigenvalue weighted by Gasteiger charge is 2.28. The summed E-state index contributed by atoms with van der Waals surface area (Å²) in [5, 5.41) is 0.0183. The number of esters is 1. The van der Waals surface area contributed by atoms with E-state index in [4.69, 9.17) is 44.3 Å². The van der Waals surface area contributed by atoms with Gasteiger partial charge in [-0.3, -0.25) is 9.59 Å². The van der Waals surface area contributed by atoms with Gasteiger partial charge in [-0.05, 0) is 37.3 Å². The van der Waals surface area contributed by atoms with Gasteiger partial charge >= 0.3 is 5.97 Å². The second kappa shape index (κ2) is 7.08. The normalized spacial score (nSPS) is 15.7. The van der Waals surface area contributed by atoms with Crippen molar-refractivity contribution >= 4 is 52.6 Å². The van der Waals surface area contributed by atoms with E-state index >= 15 is 0 Å². The van der Waals surface area contributed by atoms with E-state index in [9.17, 15) is 9.59 Å². The number of rotatable bonds is 3. The molecule has 4 nitrogen and oxygen atoms in total. The summed E-state index contributed by atoms with van der Waals surface area (Å²) in [6.45, 7) is 1.51. The number of benzene rings is 2. The molecule has 25 heavy (non-hydrogen) atoms. The van der Waals surface area contributed by atoms with Gasteiger partial charge in [0.1, 0.15) is 16.9 Å². The van der Waals surface area contributed by atoms with Crippen LogP contribution in [0.5, 0.6) is 11.5 Å². The highest BCUT2D eigenvalue weighted by molar-refractivity contribution is 6.37. The number of Topliss-reactive ketones (excluding diaryl/α,β-unsaturated/α-hetero) is 1. The van der Waals surface area contributed by atoms with Crippen LogP contribution in [-0.2, 0) is 4.79 Å². The highest BCUT2D eigenvalue weighted by Crippen LogP contribution is 2.36.